The smallest absolute Gasteiger partial charge is 0.344 e. The molecule has 0 aliphatic carbocycles. The number of hydrogen-bond acceptors (Lipinski definition) is 6. The van der Waals surface area contributed by atoms with Crippen LogP contribution in [0, 0.1) is 6.92 Å². The molecule has 0 bridgehead atoms. The van der Waals surface area contributed by atoms with Gasteiger partial charge in [0.2, 0.25) is 5.88 Å². The Balaban J connectivity index is 1.52. The second-order valence-electron chi connectivity index (χ2n) is 7.79. The van der Waals surface area contributed by atoms with Gasteiger partial charge in [-0.15, -0.1) is 0 Å². The predicted molar refractivity (Wildman–Crippen MR) is 124 cm³/mol. The predicted octanol–water partition coefficient (Wildman–Crippen LogP) is 4.66. The van der Waals surface area contributed by atoms with Gasteiger partial charge in [-0.05, 0) is 42.7 Å². The zero-order valence-electron chi connectivity index (χ0n) is 18.5. The molecule has 6 nitrogen and oxygen atoms in total. The maximum atomic E-state index is 11.9. The number of esters is 1. The number of carbonyl (C=O) groups is 1. The molecule has 3 aromatic rings. The third-order valence-corrected chi connectivity index (χ3v) is 5.38. The lowest BCUT2D eigenvalue weighted by Gasteiger charge is -2.23. The van der Waals surface area contributed by atoms with Crippen LogP contribution in [0.1, 0.15) is 18.9 Å². The van der Waals surface area contributed by atoms with Gasteiger partial charge in [-0.3, -0.25) is 0 Å². The van der Waals surface area contributed by atoms with E-state index >= 15 is 0 Å². The average molecular weight is 433 g/mol. The molecule has 2 aromatic carbocycles. The molecule has 0 saturated carbocycles. The highest BCUT2D eigenvalue weighted by atomic mass is 16.6. The van der Waals surface area contributed by atoms with Gasteiger partial charge in [0.15, 0.2) is 6.61 Å². The van der Waals surface area contributed by atoms with Crippen molar-refractivity contribution in [3.8, 4) is 22.8 Å². The number of aromatic nitrogens is 1. The van der Waals surface area contributed by atoms with Crippen LogP contribution in [0.2, 0.25) is 0 Å². The van der Waals surface area contributed by atoms with E-state index < -0.39 is 0 Å². The Morgan fingerprint density at radius 1 is 1.09 bits per heavy atom. The number of pyridine rings is 1. The highest BCUT2D eigenvalue weighted by Crippen LogP contribution is 2.35. The summed E-state index contributed by atoms with van der Waals surface area (Å²) in [7, 11) is 0. The standard InChI is InChI=1S/C26H28N2O4/c1-3-30-26(29)18-31-24-15-21(20-7-5-4-6-8-20)10-11-23(24)28-14-13-22(17-28)32-25-12-9-19(2)16-27-25/h4-12,15-16,22H,3,13-14,17-18H2,1-2H3/t22-/m0/s1. The fourth-order valence-electron chi connectivity index (χ4n) is 3.78. The summed E-state index contributed by atoms with van der Waals surface area (Å²) in [5, 5.41) is 0. The number of benzene rings is 2. The SMILES string of the molecule is CCOC(=O)COc1cc(-c2ccccc2)ccc1N1CC[C@H](Oc2ccc(C)cn2)C1. The van der Waals surface area contributed by atoms with E-state index in [-0.39, 0.29) is 18.7 Å². The van der Waals surface area contributed by atoms with Crippen LogP contribution in [0.15, 0.2) is 66.9 Å². The van der Waals surface area contributed by atoms with Gasteiger partial charge < -0.3 is 19.1 Å². The van der Waals surface area contributed by atoms with Gasteiger partial charge in [0.25, 0.3) is 0 Å². The number of anilines is 1. The number of nitrogens with zero attached hydrogens (tertiary/aromatic N) is 2. The van der Waals surface area contributed by atoms with E-state index in [0.29, 0.717) is 18.2 Å². The van der Waals surface area contributed by atoms with Gasteiger partial charge in [0.1, 0.15) is 11.9 Å². The van der Waals surface area contributed by atoms with Crippen molar-refractivity contribution < 1.29 is 19.0 Å². The first kappa shape index (κ1) is 21.7. The second-order valence-corrected chi connectivity index (χ2v) is 7.79. The van der Waals surface area contributed by atoms with E-state index in [1.807, 2.05) is 49.5 Å². The topological polar surface area (TPSA) is 60.9 Å². The maximum Gasteiger partial charge on any atom is 0.344 e. The molecule has 0 radical (unpaired) electrons. The second kappa shape index (κ2) is 10.2. The molecule has 0 spiro atoms. The summed E-state index contributed by atoms with van der Waals surface area (Å²) in [6.07, 6.45) is 2.73. The monoisotopic (exact) mass is 432 g/mol. The van der Waals surface area contributed by atoms with Crippen LogP contribution in [-0.2, 0) is 9.53 Å². The number of carbonyl (C=O) groups excluding carboxylic acids is 1. The van der Waals surface area contributed by atoms with Gasteiger partial charge in [-0.2, -0.15) is 0 Å². The first-order chi connectivity index (χ1) is 15.6. The summed E-state index contributed by atoms with van der Waals surface area (Å²) in [6.45, 7) is 5.54. The first-order valence-corrected chi connectivity index (χ1v) is 10.9. The summed E-state index contributed by atoms with van der Waals surface area (Å²) in [6, 6.07) is 20.1. The molecule has 0 N–H and O–H groups in total. The van der Waals surface area contributed by atoms with Gasteiger partial charge >= 0.3 is 5.97 Å². The van der Waals surface area contributed by atoms with Gasteiger partial charge in [-0.1, -0.05) is 42.5 Å². The fourth-order valence-corrected chi connectivity index (χ4v) is 3.78. The van der Waals surface area contributed by atoms with Crippen molar-refractivity contribution in [2.24, 2.45) is 0 Å². The number of rotatable bonds is 8. The molecule has 1 atom stereocenters. The van der Waals surface area contributed by atoms with E-state index in [1.165, 1.54) is 0 Å². The highest BCUT2D eigenvalue weighted by molar-refractivity contribution is 5.74. The highest BCUT2D eigenvalue weighted by Gasteiger charge is 2.27. The molecule has 6 heteroatoms. The summed E-state index contributed by atoms with van der Waals surface area (Å²) < 4.78 is 17.0. The molecule has 32 heavy (non-hydrogen) atoms. The first-order valence-electron chi connectivity index (χ1n) is 10.9. The zero-order valence-corrected chi connectivity index (χ0v) is 18.5. The maximum absolute atomic E-state index is 11.9. The van der Waals surface area contributed by atoms with Gasteiger partial charge in [-0.25, -0.2) is 9.78 Å². The largest absolute Gasteiger partial charge is 0.480 e. The molecule has 4 rings (SSSR count). The Bertz CT molecular complexity index is 1040. The summed E-state index contributed by atoms with van der Waals surface area (Å²) in [5.41, 5.74) is 4.17. The van der Waals surface area contributed by atoms with E-state index in [2.05, 4.69) is 34.1 Å². The molecule has 166 valence electrons. The van der Waals surface area contributed by atoms with E-state index in [4.69, 9.17) is 14.2 Å². The molecule has 1 fully saturated rings. The summed E-state index contributed by atoms with van der Waals surface area (Å²) >= 11 is 0. The molecular weight excluding hydrogens is 404 g/mol. The van der Waals surface area contributed by atoms with Crippen LogP contribution >= 0.6 is 0 Å². The van der Waals surface area contributed by atoms with Crippen LogP contribution in [-0.4, -0.2) is 43.4 Å². The van der Waals surface area contributed by atoms with Crippen LogP contribution in [0.4, 0.5) is 5.69 Å². The van der Waals surface area contributed by atoms with Gasteiger partial charge in [0.05, 0.1) is 18.8 Å². The third kappa shape index (κ3) is 5.38. The van der Waals surface area contributed by atoms with E-state index in [1.54, 1.807) is 6.92 Å². The van der Waals surface area contributed by atoms with Crippen molar-refractivity contribution in [1.82, 2.24) is 4.98 Å². The minimum atomic E-state index is -0.378. The lowest BCUT2D eigenvalue weighted by Crippen LogP contribution is -2.25. The lowest BCUT2D eigenvalue weighted by atomic mass is 10.0. The van der Waals surface area contributed by atoms with Crippen molar-refractivity contribution in [1.29, 1.82) is 0 Å². The lowest BCUT2D eigenvalue weighted by molar-refractivity contribution is -0.145. The Labute approximate surface area is 188 Å². The Kier molecular flexibility index (Phi) is 6.90. The molecule has 1 aromatic heterocycles. The normalized spacial score (nSPS) is 15.4. The van der Waals surface area contributed by atoms with Crippen LogP contribution < -0.4 is 14.4 Å². The van der Waals surface area contributed by atoms with Crippen LogP contribution in [0.5, 0.6) is 11.6 Å². The minimum absolute atomic E-state index is 0.0388. The molecule has 0 amide bonds. The van der Waals surface area contributed by atoms with Crippen molar-refractivity contribution >= 4 is 11.7 Å². The third-order valence-electron chi connectivity index (χ3n) is 5.38. The quantitative estimate of drug-likeness (QED) is 0.483. The van der Waals surface area contributed by atoms with E-state index in [0.717, 1.165) is 41.9 Å². The van der Waals surface area contributed by atoms with Crippen molar-refractivity contribution in [3.63, 3.8) is 0 Å². The molecule has 1 aliphatic heterocycles. The molecule has 2 heterocycles. The number of hydrogen-bond donors (Lipinski definition) is 0. The fraction of sp³-hybridized carbons (Fsp3) is 0.308. The molecule has 1 aliphatic rings. The van der Waals surface area contributed by atoms with Crippen molar-refractivity contribution in [3.05, 3.63) is 72.4 Å². The molecular formula is C26H28N2O4. The zero-order chi connectivity index (χ0) is 22.3. The number of aryl methyl sites for hydroxylation is 1. The van der Waals surface area contributed by atoms with Crippen LogP contribution in [0.25, 0.3) is 11.1 Å². The van der Waals surface area contributed by atoms with Crippen LogP contribution in [0.3, 0.4) is 0 Å². The Hall–Kier alpha value is -3.54. The summed E-state index contributed by atoms with van der Waals surface area (Å²) in [4.78, 5) is 18.5. The average Bonchev–Trinajstić information content (AvgIpc) is 3.28. The van der Waals surface area contributed by atoms with Gasteiger partial charge in [0, 0.05) is 25.2 Å². The Morgan fingerprint density at radius 3 is 2.69 bits per heavy atom. The summed E-state index contributed by atoms with van der Waals surface area (Å²) in [5.74, 6) is 0.922. The molecule has 1 saturated heterocycles. The van der Waals surface area contributed by atoms with Crippen molar-refractivity contribution in [2.45, 2.75) is 26.4 Å². The molecule has 0 unspecified atom stereocenters. The van der Waals surface area contributed by atoms with E-state index in [9.17, 15) is 4.79 Å². The minimum Gasteiger partial charge on any atom is -0.480 e. The number of ether oxygens (including phenoxy) is 3. The Morgan fingerprint density at radius 2 is 1.94 bits per heavy atom. The van der Waals surface area contributed by atoms with Crippen molar-refractivity contribution in [2.75, 3.05) is 31.2 Å².